The fraction of sp³-hybridized carbons (Fsp3) is 0.500. The van der Waals surface area contributed by atoms with E-state index in [0.29, 0.717) is 6.54 Å². The predicted octanol–water partition coefficient (Wildman–Crippen LogP) is 1.66. The molecule has 0 saturated carbocycles. The summed E-state index contributed by atoms with van der Waals surface area (Å²) in [6.45, 7) is 5.33. The molecule has 1 rings (SSSR count). The third-order valence-electron chi connectivity index (χ3n) is 2.44. The minimum atomic E-state index is -0.331. The fourth-order valence-corrected chi connectivity index (χ4v) is 1.66. The molecule has 1 aromatic carbocycles. The molecule has 1 atom stereocenters. The molecular formula is C14H21NO3. The van der Waals surface area contributed by atoms with E-state index in [1.54, 1.807) is 0 Å². The summed E-state index contributed by atoms with van der Waals surface area (Å²) in [5.74, 6) is -0.331. The average molecular weight is 251 g/mol. The Labute approximate surface area is 108 Å². The zero-order chi connectivity index (χ0) is 13.4. The summed E-state index contributed by atoms with van der Waals surface area (Å²) < 4.78 is 9.82. The third-order valence-corrected chi connectivity index (χ3v) is 2.44. The smallest absolute Gasteiger partial charge is 0.332 e. The Balaban J connectivity index is 2.23. The van der Waals surface area contributed by atoms with Gasteiger partial charge in [0.25, 0.3) is 0 Å². The van der Waals surface area contributed by atoms with Gasteiger partial charge in [-0.3, -0.25) is 0 Å². The lowest BCUT2D eigenvalue weighted by atomic mass is 10.1. The molecule has 0 aliphatic heterocycles. The standard InChI is InChI=1S/C14H21NO3/c1-11-5-4-6-13(7-11)9-15-8-12(2)18-14(16)10-17-3/h4-7,12,15H,8-10H2,1-3H3. The van der Waals surface area contributed by atoms with Gasteiger partial charge in [0.2, 0.25) is 0 Å². The molecule has 0 aliphatic carbocycles. The molecule has 0 bridgehead atoms. The van der Waals surface area contributed by atoms with Crippen LogP contribution >= 0.6 is 0 Å². The normalized spacial score (nSPS) is 12.2. The van der Waals surface area contributed by atoms with Gasteiger partial charge in [-0.2, -0.15) is 0 Å². The summed E-state index contributed by atoms with van der Waals surface area (Å²) in [6, 6.07) is 8.31. The minimum absolute atomic E-state index is 0.00220. The monoisotopic (exact) mass is 251 g/mol. The van der Waals surface area contributed by atoms with Gasteiger partial charge in [-0.1, -0.05) is 29.8 Å². The molecule has 0 aromatic heterocycles. The van der Waals surface area contributed by atoms with E-state index in [9.17, 15) is 4.79 Å². The van der Waals surface area contributed by atoms with Gasteiger partial charge in [0.1, 0.15) is 12.7 Å². The molecule has 0 spiro atoms. The van der Waals surface area contributed by atoms with E-state index >= 15 is 0 Å². The van der Waals surface area contributed by atoms with Gasteiger partial charge in [0, 0.05) is 20.2 Å². The van der Waals surface area contributed by atoms with Gasteiger partial charge in [-0.05, 0) is 19.4 Å². The number of esters is 1. The number of nitrogens with one attached hydrogen (secondary N) is 1. The van der Waals surface area contributed by atoms with Crippen LogP contribution in [0.4, 0.5) is 0 Å². The Morgan fingerprint density at radius 2 is 2.22 bits per heavy atom. The van der Waals surface area contributed by atoms with Crippen LogP contribution in [0.3, 0.4) is 0 Å². The van der Waals surface area contributed by atoms with Crippen LogP contribution in [0.25, 0.3) is 0 Å². The molecule has 0 aliphatic rings. The Kier molecular flexibility index (Phi) is 6.39. The van der Waals surface area contributed by atoms with E-state index in [0.717, 1.165) is 6.54 Å². The number of carbonyl (C=O) groups is 1. The van der Waals surface area contributed by atoms with Crippen molar-refractivity contribution in [3.05, 3.63) is 35.4 Å². The number of benzene rings is 1. The lowest BCUT2D eigenvalue weighted by Crippen LogP contribution is -2.29. The highest BCUT2D eigenvalue weighted by molar-refractivity contribution is 5.70. The number of methoxy groups -OCH3 is 1. The Morgan fingerprint density at radius 1 is 1.44 bits per heavy atom. The zero-order valence-corrected chi connectivity index (χ0v) is 11.2. The molecule has 4 nitrogen and oxygen atoms in total. The van der Waals surface area contributed by atoms with Crippen molar-refractivity contribution in [3.8, 4) is 0 Å². The van der Waals surface area contributed by atoms with E-state index in [1.807, 2.05) is 13.0 Å². The van der Waals surface area contributed by atoms with Crippen LogP contribution in [0.1, 0.15) is 18.1 Å². The molecule has 1 aromatic rings. The molecule has 1 N–H and O–H groups in total. The second-order valence-corrected chi connectivity index (χ2v) is 4.35. The summed E-state index contributed by atoms with van der Waals surface area (Å²) >= 11 is 0. The van der Waals surface area contributed by atoms with Gasteiger partial charge in [0.15, 0.2) is 0 Å². The van der Waals surface area contributed by atoms with Crippen LogP contribution < -0.4 is 5.32 Å². The maximum atomic E-state index is 11.2. The van der Waals surface area contributed by atoms with Crippen molar-refractivity contribution in [3.63, 3.8) is 0 Å². The lowest BCUT2D eigenvalue weighted by Gasteiger charge is -2.14. The first kappa shape index (κ1) is 14.7. The highest BCUT2D eigenvalue weighted by atomic mass is 16.6. The van der Waals surface area contributed by atoms with Crippen molar-refractivity contribution < 1.29 is 14.3 Å². The van der Waals surface area contributed by atoms with E-state index in [1.165, 1.54) is 18.2 Å². The second kappa shape index (κ2) is 7.84. The van der Waals surface area contributed by atoms with Crippen molar-refractivity contribution in [2.75, 3.05) is 20.3 Å². The summed E-state index contributed by atoms with van der Waals surface area (Å²) in [5, 5.41) is 3.26. The third kappa shape index (κ3) is 5.80. The first-order chi connectivity index (χ1) is 8.61. The minimum Gasteiger partial charge on any atom is -0.460 e. The van der Waals surface area contributed by atoms with Crippen LogP contribution in [-0.2, 0) is 20.8 Å². The van der Waals surface area contributed by atoms with Crippen molar-refractivity contribution >= 4 is 5.97 Å². The van der Waals surface area contributed by atoms with Gasteiger partial charge in [0.05, 0.1) is 0 Å². The first-order valence-electron chi connectivity index (χ1n) is 6.06. The molecular weight excluding hydrogens is 230 g/mol. The summed E-state index contributed by atoms with van der Waals surface area (Å²) in [7, 11) is 1.47. The predicted molar refractivity (Wildman–Crippen MR) is 70.3 cm³/mol. The molecule has 100 valence electrons. The lowest BCUT2D eigenvalue weighted by molar-refractivity contribution is -0.152. The number of hydrogen-bond acceptors (Lipinski definition) is 4. The van der Waals surface area contributed by atoms with Crippen LogP contribution in [0.5, 0.6) is 0 Å². The number of hydrogen-bond donors (Lipinski definition) is 1. The summed E-state index contributed by atoms with van der Waals surface area (Å²) in [4.78, 5) is 11.2. The molecule has 1 unspecified atom stereocenters. The van der Waals surface area contributed by atoms with E-state index < -0.39 is 0 Å². The summed E-state index contributed by atoms with van der Waals surface area (Å²) in [5.41, 5.74) is 2.47. The van der Waals surface area contributed by atoms with Crippen molar-refractivity contribution in [2.24, 2.45) is 0 Å². The van der Waals surface area contributed by atoms with E-state index in [2.05, 4.69) is 30.4 Å². The number of aryl methyl sites for hydroxylation is 1. The van der Waals surface area contributed by atoms with Gasteiger partial charge >= 0.3 is 5.97 Å². The number of rotatable bonds is 7. The fourth-order valence-electron chi connectivity index (χ4n) is 1.66. The highest BCUT2D eigenvalue weighted by Gasteiger charge is 2.08. The van der Waals surface area contributed by atoms with E-state index in [4.69, 9.17) is 9.47 Å². The average Bonchev–Trinajstić information content (AvgIpc) is 2.29. The zero-order valence-electron chi connectivity index (χ0n) is 11.2. The molecule has 0 fully saturated rings. The SMILES string of the molecule is COCC(=O)OC(C)CNCc1cccc(C)c1. The van der Waals surface area contributed by atoms with Crippen molar-refractivity contribution in [1.29, 1.82) is 0 Å². The van der Waals surface area contributed by atoms with Crippen LogP contribution in [0.2, 0.25) is 0 Å². The largest absolute Gasteiger partial charge is 0.460 e. The Bertz CT molecular complexity index is 379. The summed E-state index contributed by atoms with van der Waals surface area (Å²) in [6.07, 6.45) is -0.155. The quantitative estimate of drug-likeness (QED) is 0.749. The first-order valence-corrected chi connectivity index (χ1v) is 6.06. The number of ether oxygens (including phenoxy) is 2. The number of carbonyl (C=O) groups excluding carboxylic acids is 1. The Hall–Kier alpha value is -1.39. The topological polar surface area (TPSA) is 47.6 Å². The van der Waals surface area contributed by atoms with Gasteiger partial charge < -0.3 is 14.8 Å². The Morgan fingerprint density at radius 3 is 2.89 bits per heavy atom. The molecule has 18 heavy (non-hydrogen) atoms. The molecule has 0 saturated heterocycles. The van der Waals surface area contributed by atoms with Crippen LogP contribution in [-0.4, -0.2) is 32.3 Å². The van der Waals surface area contributed by atoms with Gasteiger partial charge in [-0.25, -0.2) is 4.79 Å². The molecule has 0 radical (unpaired) electrons. The molecule has 4 heteroatoms. The highest BCUT2D eigenvalue weighted by Crippen LogP contribution is 2.03. The van der Waals surface area contributed by atoms with Gasteiger partial charge in [-0.15, -0.1) is 0 Å². The van der Waals surface area contributed by atoms with Crippen LogP contribution in [0.15, 0.2) is 24.3 Å². The van der Waals surface area contributed by atoms with Crippen molar-refractivity contribution in [1.82, 2.24) is 5.32 Å². The maximum Gasteiger partial charge on any atom is 0.332 e. The molecule has 0 heterocycles. The van der Waals surface area contributed by atoms with Crippen LogP contribution in [0, 0.1) is 6.92 Å². The van der Waals surface area contributed by atoms with E-state index in [-0.39, 0.29) is 18.7 Å². The molecule has 0 amide bonds. The maximum absolute atomic E-state index is 11.2. The van der Waals surface area contributed by atoms with Crippen molar-refractivity contribution in [2.45, 2.75) is 26.5 Å². The second-order valence-electron chi connectivity index (χ2n) is 4.35.